The number of hydrogen-bond donors (Lipinski definition) is 1. The number of nitrogens with one attached hydrogen (secondary N) is 1. The number of benzene rings is 1. The number of anilines is 1. The topological polar surface area (TPSA) is 30.5 Å². The van der Waals surface area contributed by atoms with E-state index >= 15 is 0 Å². The zero-order valence-electron chi connectivity index (χ0n) is 9.25. The first kappa shape index (κ1) is 10.3. The molecular formula is C12H17NO2. The molecule has 0 aliphatic carbocycles. The van der Waals surface area contributed by atoms with Crippen molar-refractivity contribution in [3.8, 4) is 5.75 Å². The Morgan fingerprint density at radius 3 is 3.13 bits per heavy atom. The molecule has 0 radical (unpaired) electrons. The van der Waals surface area contributed by atoms with Gasteiger partial charge in [0.2, 0.25) is 0 Å². The molecule has 1 heterocycles. The summed E-state index contributed by atoms with van der Waals surface area (Å²) in [6.07, 6.45) is 1.17. The van der Waals surface area contributed by atoms with Crippen LogP contribution in [0.2, 0.25) is 0 Å². The van der Waals surface area contributed by atoms with E-state index in [1.807, 2.05) is 6.07 Å². The average molecular weight is 207 g/mol. The zero-order chi connectivity index (χ0) is 10.7. The van der Waals surface area contributed by atoms with Crippen molar-refractivity contribution in [2.75, 3.05) is 25.6 Å². The third-order valence-electron chi connectivity index (χ3n) is 2.62. The summed E-state index contributed by atoms with van der Waals surface area (Å²) in [6.45, 7) is 3.59. The van der Waals surface area contributed by atoms with Crippen LogP contribution in [-0.2, 0) is 11.2 Å². The van der Waals surface area contributed by atoms with Crippen molar-refractivity contribution < 1.29 is 9.47 Å². The minimum atomic E-state index is 0.120. The van der Waals surface area contributed by atoms with Crippen LogP contribution in [0.4, 0.5) is 5.69 Å². The summed E-state index contributed by atoms with van der Waals surface area (Å²) in [6, 6.07) is 6.29. The largest absolute Gasteiger partial charge is 0.484 e. The molecule has 15 heavy (non-hydrogen) atoms. The predicted molar refractivity (Wildman–Crippen MR) is 60.6 cm³/mol. The van der Waals surface area contributed by atoms with Gasteiger partial charge in [0, 0.05) is 7.11 Å². The SMILES string of the molecule is CCc1ccc2c(c1)NCC(COC)O2. The molecule has 0 saturated heterocycles. The summed E-state index contributed by atoms with van der Waals surface area (Å²) in [5.74, 6) is 0.931. The molecule has 3 nitrogen and oxygen atoms in total. The zero-order valence-corrected chi connectivity index (χ0v) is 9.25. The predicted octanol–water partition coefficient (Wildman–Crippen LogP) is 2.07. The van der Waals surface area contributed by atoms with Crippen molar-refractivity contribution in [1.82, 2.24) is 0 Å². The van der Waals surface area contributed by atoms with Crippen LogP contribution in [-0.4, -0.2) is 26.4 Å². The maximum absolute atomic E-state index is 5.78. The number of aryl methyl sites for hydroxylation is 1. The summed E-state index contributed by atoms with van der Waals surface area (Å²) < 4.78 is 10.9. The molecule has 0 aromatic heterocycles. The number of methoxy groups -OCH3 is 1. The minimum absolute atomic E-state index is 0.120. The highest BCUT2D eigenvalue weighted by molar-refractivity contribution is 5.59. The van der Waals surface area contributed by atoms with E-state index in [1.54, 1.807) is 7.11 Å². The Balaban J connectivity index is 2.13. The van der Waals surface area contributed by atoms with E-state index in [4.69, 9.17) is 9.47 Å². The highest BCUT2D eigenvalue weighted by Crippen LogP contribution is 2.30. The van der Waals surface area contributed by atoms with Crippen molar-refractivity contribution in [1.29, 1.82) is 0 Å². The van der Waals surface area contributed by atoms with Gasteiger partial charge in [-0.15, -0.1) is 0 Å². The van der Waals surface area contributed by atoms with Gasteiger partial charge in [0.1, 0.15) is 11.9 Å². The van der Waals surface area contributed by atoms with Crippen molar-refractivity contribution in [3.05, 3.63) is 23.8 Å². The van der Waals surface area contributed by atoms with Crippen LogP contribution in [0, 0.1) is 0 Å². The lowest BCUT2D eigenvalue weighted by atomic mass is 10.1. The van der Waals surface area contributed by atoms with Crippen LogP contribution in [0.1, 0.15) is 12.5 Å². The average Bonchev–Trinajstić information content (AvgIpc) is 2.29. The van der Waals surface area contributed by atoms with Crippen LogP contribution in [0.25, 0.3) is 0 Å². The molecule has 1 atom stereocenters. The Morgan fingerprint density at radius 2 is 2.40 bits per heavy atom. The standard InChI is InChI=1S/C12H17NO2/c1-3-9-4-5-12-11(6-9)13-7-10(15-12)8-14-2/h4-6,10,13H,3,7-8H2,1-2H3. The monoisotopic (exact) mass is 207 g/mol. The molecule has 2 rings (SSSR count). The first-order chi connectivity index (χ1) is 7.33. The van der Waals surface area contributed by atoms with Crippen molar-refractivity contribution in [2.24, 2.45) is 0 Å². The van der Waals surface area contributed by atoms with Crippen molar-refractivity contribution in [3.63, 3.8) is 0 Å². The van der Waals surface area contributed by atoms with Gasteiger partial charge in [0.15, 0.2) is 0 Å². The van der Waals surface area contributed by atoms with Gasteiger partial charge in [-0.05, 0) is 24.1 Å². The molecule has 0 spiro atoms. The highest BCUT2D eigenvalue weighted by atomic mass is 16.5. The van der Waals surface area contributed by atoms with Gasteiger partial charge >= 0.3 is 0 Å². The molecule has 1 unspecified atom stereocenters. The van der Waals surface area contributed by atoms with Crippen LogP contribution in [0.15, 0.2) is 18.2 Å². The van der Waals surface area contributed by atoms with E-state index in [0.717, 1.165) is 24.4 Å². The lowest BCUT2D eigenvalue weighted by Crippen LogP contribution is -2.34. The fourth-order valence-electron chi connectivity index (χ4n) is 1.76. The van der Waals surface area contributed by atoms with E-state index in [9.17, 15) is 0 Å². The number of ether oxygens (including phenoxy) is 2. The Hall–Kier alpha value is -1.22. The molecule has 0 fully saturated rings. The second-order valence-corrected chi connectivity index (χ2v) is 3.76. The summed E-state index contributed by atoms with van der Waals surface area (Å²) in [5, 5.41) is 3.37. The first-order valence-electron chi connectivity index (χ1n) is 5.36. The number of fused-ring (bicyclic) bond motifs is 1. The molecule has 0 amide bonds. The third-order valence-corrected chi connectivity index (χ3v) is 2.62. The number of hydrogen-bond acceptors (Lipinski definition) is 3. The molecule has 0 saturated carbocycles. The quantitative estimate of drug-likeness (QED) is 0.823. The minimum Gasteiger partial charge on any atom is -0.484 e. The van der Waals surface area contributed by atoms with Gasteiger partial charge in [-0.1, -0.05) is 13.0 Å². The summed E-state index contributed by atoms with van der Waals surface area (Å²) in [7, 11) is 1.69. The van der Waals surface area contributed by atoms with Gasteiger partial charge in [0.05, 0.1) is 18.8 Å². The fraction of sp³-hybridized carbons (Fsp3) is 0.500. The number of rotatable bonds is 3. The Kier molecular flexibility index (Phi) is 3.11. The lowest BCUT2D eigenvalue weighted by molar-refractivity contribution is 0.0848. The van der Waals surface area contributed by atoms with Crippen molar-refractivity contribution in [2.45, 2.75) is 19.4 Å². The molecule has 0 bridgehead atoms. The summed E-state index contributed by atoms with van der Waals surface area (Å²) in [4.78, 5) is 0. The maximum atomic E-state index is 5.78. The van der Waals surface area contributed by atoms with Gasteiger partial charge in [-0.25, -0.2) is 0 Å². The van der Waals surface area contributed by atoms with Gasteiger partial charge in [-0.2, -0.15) is 0 Å². The molecule has 1 aliphatic heterocycles. The molecule has 1 N–H and O–H groups in total. The van der Waals surface area contributed by atoms with E-state index in [-0.39, 0.29) is 6.10 Å². The van der Waals surface area contributed by atoms with Crippen LogP contribution >= 0.6 is 0 Å². The fourth-order valence-corrected chi connectivity index (χ4v) is 1.76. The molecular weight excluding hydrogens is 190 g/mol. The smallest absolute Gasteiger partial charge is 0.143 e. The maximum Gasteiger partial charge on any atom is 0.143 e. The van der Waals surface area contributed by atoms with Gasteiger partial charge in [0.25, 0.3) is 0 Å². The van der Waals surface area contributed by atoms with Crippen LogP contribution in [0.5, 0.6) is 5.75 Å². The Bertz CT molecular complexity index is 338. The second-order valence-electron chi connectivity index (χ2n) is 3.76. The normalized spacial score (nSPS) is 18.9. The second kappa shape index (κ2) is 4.53. The molecule has 1 aromatic rings. The highest BCUT2D eigenvalue weighted by Gasteiger charge is 2.18. The van der Waals surface area contributed by atoms with Gasteiger partial charge < -0.3 is 14.8 Å². The van der Waals surface area contributed by atoms with E-state index in [1.165, 1.54) is 5.56 Å². The van der Waals surface area contributed by atoms with E-state index < -0.39 is 0 Å². The van der Waals surface area contributed by atoms with E-state index in [0.29, 0.717) is 6.61 Å². The Labute approximate surface area is 90.4 Å². The van der Waals surface area contributed by atoms with Gasteiger partial charge in [-0.3, -0.25) is 0 Å². The molecule has 1 aromatic carbocycles. The summed E-state index contributed by atoms with van der Waals surface area (Å²) >= 11 is 0. The first-order valence-corrected chi connectivity index (χ1v) is 5.36. The van der Waals surface area contributed by atoms with E-state index in [2.05, 4.69) is 24.4 Å². The van der Waals surface area contributed by atoms with Crippen LogP contribution < -0.4 is 10.1 Å². The molecule has 3 heteroatoms. The lowest BCUT2D eigenvalue weighted by Gasteiger charge is -2.27. The molecule has 82 valence electrons. The third kappa shape index (κ3) is 2.23. The van der Waals surface area contributed by atoms with Crippen LogP contribution in [0.3, 0.4) is 0 Å². The molecule has 1 aliphatic rings. The van der Waals surface area contributed by atoms with Crippen molar-refractivity contribution >= 4 is 5.69 Å². The summed E-state index contributed by atoms with van der Waals surface area (Å²) in [5.41, 5.74) is 2.43. The Morgan fingerprint density at radius 1 is 1.53 bits per heavy atom.